The number of aryl methyl sites for hydroxylation is 2. The molecule has 2 aromatic rings. The molecule has 0 unspecified atom stereocenters. The van der Waals surface area contributed by atoms with Gasteiger partial charge in [0.15, 0.2) is 6.61 Å². The second-order valence-electron chi connectivity index (χ2n) is 6.15. The van der Waals surface area contributed by atoms with Crippen molar-refractivity contribution in [3.05, 3.63) is 52.8 Å². The second-order valence-corrected chi connectivity index (χ2v) is 6.15. The summed E-state index contributed by atoms with van der Waals surface area (Å²) in [6.07, 6.45) is 0.629. The van der Waals surface area contributed by atoms with E-state index in [-0.39, 0.29) is 6.42 Å². The highest BCUT2D eigenvalue weighted by molar-refractivity contribution is 5.95. The maximum atomic E-state index is 11.8. The van der Waals surface area contributed by atoms with E-state index in [1.807, 2.05) is 51.2 Å². The van der Waals surface area contributed by atoms with Gasteiger partial charge in [-0.2, -0.15) is 5.10 Å². The number of hydrogen-bond acceptors (Lipinski definition) is 5. The van der Waals surface area contributed by atoms with Crippen molar-refractivity contribution in [3.63, 3.8) is 0 Å². The number of benzene rings is 1. The van der Waals surface area contributed by atoms with Crippen LogP contribution in [0.2, 0.25) is 0 Å². The van der Waals surface area contributed by atoms with Crippen LogP contribution < -0.4 is 10.6 Å². The summed E-state index contributed by atoms with van der Waals surface area (Å²) in [7, 11) is 1.84. The summed E-state index contributed by atoms with van der Waals surface area (Å²) in [5.74, 6) is -1.18. The Kier molecular flexibility index (Phi) is 7.10. The molecule has 1 heterocycles. The number of rotatable bonds is 7. The monoisotopic (exact) mass is 372 g/mol. The molecule has 1 aromatic heterocycles. The summed E-state index contributed by atoms with van der Waals surface area (Å²) in [4.78, 5) is 35.2. The van der Waals surface area contributed by atoms with E-state index >= 15 is 0 Å². The molecule has 27 heavy (non-hydrogen) atoms. The second kappa shape index (κ2) is 9.51. The average Bonchev–Trinajstić information content (AvgIpc) is 2.89. The minimum atomic E-state index is -0.678. The van der Waals surface area contributed by atoms with E-state index in [9.17, 15) is 14.4 Å². The Balaban J connectivity index is 1.67. The topological polar surface area (TPSA) is 102 Å². The number of amides is 3. The van der Waals surface area contributed by atoms with Crippen molar-refractivity contribution in [1.82, 2.24) is 20.4 Å². The van der Waals surface area contributed by atoms with Crippen LogP contribution in [0.3, 0.4) is 0 Å². The van der Waals surface area contributed by atoms with Crippen molar-refractivity contribution in [1.29, 1.82) is 0 Å². The molecule has 2 rings (SSSR count). The zero-order valence-electron chi connectivity index (χ0n) is 15.7. The normalized spacial score (nSPS) is 10.3. The summed E-state index contributed by atoms with van der Waals surface area (Å²) in [5.41, 5.74) is 3.77. The Labute approximate surface area is 157 Å². The first-order chi connectivity index (χ1) is 12.9. The molecule has 2 N–H and O–H groups in total. The third-order valence-corrected chi connectivity index (χ3v) is 4.15. The van der Waals surface area contributed by atoms with Crippen molar-refractivity contribution >= 4 is 17.9 Å². The van der Waals surface area contributed by atoms with Crippen LogP contribution in [0, 0.1) is 13.8 Å². The van der Waals surface area contributed by atoms with Gasteiger partial charge >= 0.3 is 12.0 Å². The van der Waals surface area contributed by atoms with E-state index in [4.69, 9.17) is 4.74 Å². The van der Waals surface area contributed by atoms with Gasteiger partial charge in [-0.05, 0) is 31.4 Å². The van der Waals surface area contributed by atoms with Gasteiger partial charge in [-0.1, -0.05) is 30.3 Å². The third kappa shape index (κ3) is 6.25. The molecule has 0 atom stereocenters. The lowest BCUT2D eigenvalue weighted by atomic mass is 10.1. The van der Waals surface area contributed by atoms with Crippen molar-refractivity contribution in [2.75, 3.05) is 6.61 Å². The lowest BCUT2D eigenvalue weighted by Crippen LogP contribution is -2.41. The molecule has 0 saturated carbocycles. The van der Waals surface area contributed by atoms with E-state index in [0.717, 1.165) is 22.5 Å². The molecule has 0 spiro atoms. The number of imide groups is 1. The van der Waals surface area contributed by atoms with Gasteiger partial charge < -0.3 is 10.1 Å². The zero-order valence-corrected chi connectivity index (χ0v) is 15.7. The van der Waals surface area contributed by atoms with Crippen LogP contribution in [0.1, 0.15) is 28.9 Å². The Morgan fingerprint density at radius 3 is 2.48 bits per heavy atom. The standard InChI is InChI=1S/C19H24N4O4/c1-13-16(14(2)23(3)22-13)9-10-18(25)27-12-17(24)21-19(26)20-11-15-7-5-4-6-8-15/h4-8H,9-12H2,1-3H3,(H2,20,21,24,26). The Hall–Kier alpha value is -3.16. The molecule has 8 nitrogen and oxygen atoms in total. The number of nitrogens with zero attached hydrogens (tertiary/aromatic N) is 2. The van der Waals surface area contributed by atoms with Gasteiger partial charge in [-0.25, -0.2) is 4.79 Å². The number of esters is 1. The van der Waals surface area contributed by atoms with Crippen LogP contribution in [0.4, 0.5) is 4.79 Å². The fourth-order valence-corrected chi connectivity index (χ4v) is 2.61. The van der Waals surface area contributed by atoms with Crippen molar-refractivity contribution in [2.24, 2.45) is 7.05 Å². The number of aromatic nitrogens is 2. The van der Waals surface area contributed by atoms with E-state index in [1.54, 1.807) is 4.68 Å². The lowest BCUT2D eigenvalue weighted by Gasteiger charge is -2.08. The van der Waals surface area contributed by atoms with Gasteiger partial charge in [0.25, 0.3) is 5.91 Å². The minimum Gasteiger partial charge on any atom is -0.456 e. The van der Waals surface area contributed by atoms with Crippen molar-refractivity contribution in [3.8, 4) is 0 Å². The Morgan fingerprint density at radius 1 is 1.15 bits per heavy atom. The predicted molar refractivity (Wildman–Crippen MR) is 98.8 cm³/mol. The summed E-state index contributed by atoms with van der Waals surface area (Å²) in [5, 5.41) is 8.97. The van der Waals surface area contributed by atoms with E-state index < -0.39 is 24.5 Å². The number of carbonyl (C=O) groups is 3. The van der Waals surface area contributed by atoms with Gasteiger partial charge in [0.05, 0.1) is 5.69 Å². The maximum absolute atomic E-state index is 11.8. The van der Waals surface area contributed by atoms with Gasteiger partial charge in [-0.3, -0.25) is 19.6 Å². The fourth-order valence-electron chi connectivity index (χ4n) is 2.61. The summed E-state index contributed by atoms with van der Waals surface area (Å²) in [6, 6.07) is 8.66. The van der Waals surface area contributed by atoms with Gasteiger partial charge in [0.2, 0.25) is 0 Å². The molecule has 0 aliphatic heterocycles. The number of hydrogen-bond donors (Lipinski definition) is 2. The van der Waals surface area contributed by atoms with E-state index in [0.29, 0.717) is 13.0 Å². The molecule has 8 heteroatoms. The quantitative estimate of drug-likeness (QED) is 0.718. The highest BCUT2D eigenvalue weighted by Crippen LogP contribution is 2.14. The van der Waals surface area contributed by atoms with E-state index in [1.165, 1.54) is 0 Å². The summed E-state index contributed by atoms with van der Waals surface area (Å²) in [6.45, 7) is 3.61. The molecule has 0 radical (unpaired) electrons. The molecule has 3 amide bonds. The number of nitrogens with one attached hydrogen (secondary N) is 2. The maximum Gasteiger partial charge on any atom is 0.321 e. The Morgan fingerprint density at radius 2 is 1.85 bits per heavy atom. The van der Waals surface area contributed by atoms with Gasteiger partial charge in [0, 0.05) is 25.7 Å². The summed E-state index contributed by atoms with van der Waals surface area (Å²) < 4.78 is 6.68. The number of urea groups is 1. The van der Waals surface area contributed by atoms with Crippen LogP contribution in [-0.4, -0.2) is 34.3 Å². The molecule has 0 aliphatic carbocycles. The van der Waals surface area contributed by atoms with Crippen molar-refractivity contribution < 1.29 is 19.1 Å². The molecule has 144 valence electrons. The fraction of sp³-hybridized carbons (Fsp3) is 0.368. The highest BCUT2D eigenvalue weighted by Gasteiger charge is 2.14. The average molecular weight is 372 g/mol. The molecular formula is C19H24N4O4. The largest absolute Gasteiger partial charge is 0.456 e. The predicted octanol–water partition coefficient (Wildman–Crippen LogP) is 1.54. The number of ether oxygens (including phenoxy) is 1. The first-order valence-corrected chi connectivity index (χ1v) is 8.63. The number of carbonyl (C=O) groups excluding carboxylic acids is 3. The van der Waals surface area contributed by atoms with Crippen molar-refractivity contribution in [2.45, 2.75) is 33.2 Å². The van der Waals surface area contributed by atoms with Crippen LogP contribution in [0.5, 0.6) is 0 Å². The molecule has 1 aromatic carbocycles. The van der Waals surface area contributed by atoms with Gasteiger partial charge in [0.1, 0.15) is 0 Å². The van der Waals surface area contributed by atoms with E-state index in [2.05, 4.69) is 15.7 Å². The lowest BCUT2D eigenvalue weighted by molar-refractivity contribution is -0.148. The SMILES string of the molecule is Cc1nn(C)c(C)c1CCC(=O)OCC(=O)NC(=O)NCc1ccccc1. The molecule has 0 fully saturated rings. The highest BCUT2D eigenvalue weighted by atomic mass is 16.5. The molecular weight excluding hydrogens is 348 g/mol. The van der Waals surface area contributed by atoms with Crippen LogP contribution >= 0.6 is 0 Å². The van der Waals surface area contributed by atoms with Crippen LogP contribution in [0.25, 0.3) is 0 Å². The van der Waals surface area contributed by atoms with Gasteiger partial charge in [-0.15, -0.1) is 0 Å². The molecule has 0 saturated heterocycles. The first-order valence-electron chi connectivity index (χ1n) is 8.63. The smallest absolute Gasteiger partial charge is 0.321 e. The third-order valence-electron chi connectivity index (χ3n) is 4.15. The summed E-state index contributed by atoms with van der Waals surface area (Å²) >= 11 is 0. The minimum absolute atomic E-state index is 0.140. The Bertz CT molecular complexity index is 815. The van der Waals surface area contributed by atoms with Crippen LogP contribution in [0.15, 0.2) is 30.3 Å². The molecule has 0 aliphatic rings. The first kappa shape index (κ1) is 20.2. The zero-order chi connectivity index (χ0) is 19.8. The molecule has 0 bridgehead atoms. The van der Waals surface area contributed by atoms with Crippen LogP contribution in [-0.2, 0) is 34.3 Å².